The van der Waals surface area contributed by atoms with Crippen LogP contribution < -0.4 is 9.47 Å². The number of nitrogens with zero attached hydrogens (tertiary/aromatic N) is 3. The molecule has 0 radical (unpaired) electrons. The maximum absolute atomic E-state index is 10.6. The number of ether oxygens (including phenoxy) is 2. The van der Waals surface area contributed by atoms with Crippen molar-refractivity contribution in [1.82, 2.24) is 4.57 Å². The topological polar surface area (TPSA) is 71.0 Å². The number of nitriles is 2. The smallest absolute Gasteiger partial charge is 0.193 e. The third-order valence-electron chi connectivity index (χ3n) is 6.59. The fourth-order valence-corrected chi connectivity index (χ4v) is 4.99. The van der Waals surface area contributed by atoms with Crippen molar-refractivity contribution in [2.24, 2.45) is 5.41 Å². The molecule has 1 aromatic heterocycles. The molecule has 166 valence electrons. The van der Waals surface area contributed by atoms with E-state index in [-0.39, 0.29) is 0 Å². The van der Waals surface area contributed by atoms with Crippen LogP contribution in [0.25, 0.3) is 22.6 Å². The summed E-state index contributed by atoms with van der Waals surface area (Å²) in [5, 5.41) is 22.2. The molecule has 1 unspecified atom stereocenters. The number of aromatic nitrogens is 1. The summed E-state index contributed by atoms with van der Waals surface area (Å²) >= 11 is 0. The summed E-state index contributed by atoms with van der Waals surface area (Å²) in [6.45, 7) is 2.05. The first-order valence-electron chi connectivity index (χ1n) is 11.0. The number of rotatable bonds is 4. The normalized spacial score (nSPS) is 17.2. The Labute approximate surface area is 198 Å². The Morgan fingerprint density at radius 1 is 0.912 bits per heavy atom. The van der Waals surface area contributed by atoms with Crippen molar-refractivity contribution in [1.29, 1.82) is 10.5 Å². The van der Waals surface area contributed by atoms with Gasteiger partial charge in [-0.3, -0.25) is 0 Å². The molecule has 0 aliphatic heterocycles. The van der Waals surface area contributed by atoms with Crippen LogP contribution in [0.4, 0.5) is 0 Å². The zero-order valence-electron chi connectivity index (χ0n) is 19.2. The lowest BCUT2D eigenvalue weighted by Gasteiger charge is -2.26. The van der Waals surface area contributed by atoms with Crippen LogP contribution in [0.5, 0.6) is 11.5 Å². The molecule has 0 bridgehead atoms. The monoisotopic (exact) mass is 445 g/mol. The minimum atomic E-state index is -1.45. The highest BCUT2D eigenvalue weighted by molar-refractivity contribution is 5.95. The van der Waals surface area contributed by atoms with Gasteiger partial charge in [0.15, 0.2) is 16.9 Å². The van der Waals surface area contributed by atoms with Crippen molar-refractivity contribution in [3.63, 3.8) is 0 Å². The number of allylic oxidation sites excluding steroid dienone is 1. The number of hydrogen-bond acceptors (Lipinski definition) is 4. The second kappa shape index (κ2) is 8.14. The summed E-state index contributed by atoms with van der Waals surface area (Å²) in [4.78, 5) is 0. The van der Waals surface area contributed by atoms with Crippen LogP contribution in [0.2, 0.25) is 0 Å². The van der Waals surface area contributed by atoms with Crippen LogP contribution in [0, 0.1) is 35.0 Å². The van der Waals surface area contributed by atoms with Crippen molar-refractivity contribution in [2.75, 3.05) is 14.2 Å². The fourth-order valence-electron chi connectivity index (χ4n) is 4.99. The van der Waals surface area contributed by atoms with Crippen molar-refractivity contribution in [3.05, 3.63) is 95.2 Å². The quantitative estimate of drug-likeness (QED) is 0.378. The lowest BCUT2D eigenvalue weighted by Crippen LogP contribution is -2.26. The van der Waals surface area contributed by atoms with Gasteiger partial charge in [-0.25, -0.2) is 0 Å². The fraction of sp³-hybridized carbons (Fsp3) is 0.172. The molecule has 0 N–H and O–H groups in total. The van der Waals surface area contributed by atoms with E-state index in [2.05, 4.69) is 18.2 Å². The highest BCUT2D eigenvalue weighted by Gasteiger charge is 2.53. The highest BCUT2D eigenvalue weighted by Crippen LogP contribution is 2.58. The number of benzene rings is 3. The molecule has 1 heterocycles. The lowest BCUT2D eigenvalue weighted by molar-refractivity contribution is 0.354. The zero-order chi connectivity index (χ0) is 23.9. The van der Waals surface area contributed by atoms with Gasteiger partial charge in [0, 0.05) is 11.7 Å². The SMILES string of the molecule is COc1cc2c(cc1OC)C(n1ccc3cc(C)ccc31)C(C#N)(C#N)/C2=C\c1ccccc1. The van der Waals surface area contributed by atoms with Crippen molar-refractivity contribution in [2.45, 2.75) is 13.0 Å². The minimum absolute atomic E-state index is 0.554. The predicted octanol–water partition coefficient (Wildman–Crippen LogP) is 6.14. The molecular weight excluding hydrogens is 422 g/mol. The zero-order valence-corrected chi connectivity index (χ0v) is 19.2. The van der Waals surface area contributed by atoms with Gasteiger partial charge in [0.25, 0.3) is 0 Å². The molecule has 0 saturated carbocycles. The van der Waals surface area contributed by atoms with Gasteiger partial charge in [-0.1, -0.05) is 42.0 Å². The summed E-state index contributed by atoms with van der Waals surface area (Å²) in [6, 6.07) is 26.0. The summed E-state index contributed by atoms with van der Waals surface area (Å²) in [5.74, 6) is 1.11. The maximum Gasteiger partial charge on any atom is 0.193 e. The van der Waals surface area contributed by atoms with Gasteiger partial charge < -0.3 is 14.0 Å². The molecule has 5 rings (SSSR count). The van der Waals surface area contributed by atoms with Gasteiger partial charge in [0.2, 0.25) is 0 Å². The Hall–Kier alpha value is -4.48. The molecule has 3 aromatic carbocycles. The number of aryl methyl sites for hydroxylation is 1. The third-order valence-corrected chi connectivity index (χ3v) is 6.59. The van der Waals surface area contributed by atoms with Crippen LogP contribution in [0.1, 0.15) is 28.3 Å². The Balaban J connectivity index is 1.87. The molecule has 0 fully saturated rings. The van der Waals surface area contributed by atoms with E-state index >= 15 is 0 Å². The standard InChI is InChI=1S/C29H23N3O2/c1-19-9-10-25-21(13-19)11-12-32(25)28-23-16-27(34-3)26(33-2)15-22(23)24(29(28,17-30)18-31)14-20-7-5-4-6-8-20/h4-16,28H,1-3H3/b24-14-. The van der Waals surface area contributed by atoms with Gasteiger partial charge in [-0.15, -0.1) is 0 Å². The van der Waals surface area contributed by atoms with E-state index in [0.29, 0.717) is 17.1 Å². The molecule has 0 saturated heterocycles. The van der Waals surface area contributed by atoms with Crippen molar-refractivity contribution >= 4 is 22.6 Å². The Bertz CT molecular complexity index is 1500. The molecule has 0 spiro atoms. The van der Waals surface area contributed by atoms with E-state index in [1.54, 1.807) is 14.2 Å². The Morgan fingerprint density at radius 3 is 2.29 bits per heavy atom. The van der Waals surface area contributed by atoms with Crippen LogP contribution in [0.3, 0.4) is 0 Å². The van der Waals surface area contributed by atoms with Gasteiger partial charge in [-0.2, -0.15) is 10.5 Å². The van der Waals surface area contributed by atoms with Gasteiger partial charge in [-0.05, 0) is 71.0 Å². The van der Waals surface area contributed by atoms with Crippen molar-refractivity contribution in [3.8, 4) is 23.6 Å². The average molecular weight is 446 g/mol. The third kappa shape index (κ3) is 3.06. The van der Waals surface area contributed by atoms with Crippen LogP contribution in [0.15, 0.2) is 72.9 Å². The number of hydrogen-bond donors (Lipinski definition) is 0. The largest absolute Gasteiger partial charge is 0.493 e. The molecule has 5 heteroatoms. The molecule has 34 heavy (non-hydrogen) atoms. The van der Waals surface area contributed by atoms with Crippen LogP contribution in [-0.4, -0.2) is 18.8 Å². The van der Waals surface area contributed by atoms with E-state index < -0.39 is 11.5 Å². The first-order chi connectivity index (χ1) is 16.6. The van der Waals surface area contributed by atoms with Gasteiger partial charge >= 0.3 is 0 Å². The molecule has 4 aromatic rings. The summed E-state index contributed by atoms with van der Waals surface area (Å²) < 4.78 is 13.2. The van der Waals surface area contributed by atoms with E-state index in [1.165, 1.54) is 0 Å². The molecule has 1 aliphatic carbocycles. The van der Waals surface area contributed by atoms with Crippen LogP contribution in [-0.2, 0) is 0 Å². The van der Waals surface area contributed by atoms with Crippen LogP contribution >= 0.6 is 0 Å². The molecular formula is C29H23N3O2. The maximum atomic E-state index is 10.6. The summed E-state index contributed by atoms with van der Waals surface area (Å²) in [6.07, 6.45) is 3.90. The second-order valence-electron chi connectivity index (χ2n) is 8.48. The highest BCUT2D eigenvalue weighted by atomic mass is 16.5. The Morgan fingerprint density at radius 2 is 1.62 bits per heavy atom. The number of methoxy groups -OCH3 is 2. The first-order valence-corrected chi connectivity index (χ1v) is 11.0. The molecule has 5 nitrogen and oxygen atoms in total. The Kier molecular flexibility index (Phi) is 5.11. The minimum Gasteiger partial charge on any atom is -0.493 e. The lowest BCUT2D eigenvalue weighted by atomic mass is 9.79. The van der Waals surface area contributed by atoms with E-state index in [4.69, 9.17) is 9.47 Å². The van der Waals surface area contributed by atoms with Gasteiger partial charge in [0.1, 0.15) is 0 Å². The summed E-state index contributed by atoms with van der Waals surface area (Å²) in [7, 11) is 3.17. The molecule has 1 atom stereocenters. The summed E-state index contributed by atoms with van der Waals surface area (Å²) in [5.41, 5.74) is 3.89. The molecule has 1 aliphatic rings. The van der Waals surface area contributed by atoms with Gasteiger partial charge in [0.05, 0.1) is 32.4 Å². The van der Waals surface area contributed by atoms with Crippen molar-refractivity contribution < 1.29 is 9.47 Å². The second-order valence-corrected chi connectivity index (χ2v) is 8.48. The van der Waals surface area contributed by atoms with E-state index in [0.717, 1.165) is 33.2 Å². The first kappa shape index (κ1) is 21.4. The van der Waals surface area contributed by atoms with E-state index in [9.17, 15) is 10.5 Å². The average Bonchev–Trinajstić information content (AvgIpc) is 3.39. The number of fused-ring (bicyclic) bond motifs is 2. The predicted molar refractivity (Wildman–Crippen MR) is 132 cm³/mol. The van der Waals surface area contributed by atoms with E-state index in [1.807, 2.05) is 84.4 Å². The molecule has 0 amide bonds.